The van der Waals surface area contributed by atoms with Crippen molar-refractivity contribution in [3.8, 4) is 11.5 Å². The van der Waals surface area contributed by atoms with Crippen molar-refractivity contribution >= 4 is 50.9 Å². The molecule has 4 aromatic rings. The Morgan fingerprint density at radius 1 is 0.617 bits per heavy atom. The molecule has 7 aliphatic rings. The van der Waals surface area contributed by atoms with E-state index in [1.165, 1.54) is 59.4 Å². The van der Waals surface area contributed by atoms with Gasteiger partial charge in [0.2, 0.25) is 0 Å². The van der Waals surface area contributed by atoms with Crippen LogP contribution in [-0.4, -0.2) is 95.5 Å². The van der Waals surface area contributed by atoms with Crippen LogP contribution in [0.1, 0.15) is 161 Å². The van der Waals surface area contributed by atoms with E-state index in [9.17, 15) is 58.9 Å². The maximum Gasteiger partial charge on any atom is 0.432 e. The van der Waals surface area contributed by atoms with E-state index in [1.807, 2.05) is 55.4 Å². The summed E-state index contributed by atoms with van der Waals surface area (Å²) in [5.41, 5.74) is -2.99. The summed E-state index contributed by atoms with van der Waals surface area (Å²) < 4.78 is 126. The normalized spacial score (nSPS) is 26.6. The van der Waals surface area contributed by atoms with Gasteiger partial charge in [0.15, 0.2) is 37.0 Å². The topological polar surface area (TPSA) is 218 Å². The molecular formula is C72H93F5O15S2. The van der Waals surface area contributed by atoms with E-state index < -0.39 is 62.1 Å². The molecule has 3 heterocycles. The van der Waals surface area contributed by atoms with Gasteiger partial charge in [-0.1, -0.05) is 89.2 Å². The summed E-state index contributed by atoms with van der Waals surface area (Å²) in [4.78, 5) is 63.4. The van der Waals surface area contributed by atoms with Crippen LogP contribution in [0, 0.1) is 63.1 Å². The molecule has 1 N–H and O–H groups in total. The van der Waals surface area contributed by atoms with Crippen LogP contribution in [0.2, 0.25) is 0 Å². The van der Waals surface area contributed by atoms with Gasteiger partial charge in [-0.3, -0.25) is 24.0 Å². The van der Waals surface area contributed by atoms with Gasteiger partial charge in [-0.2, -0.15) is 22.0 Å². The number of esters is 5. The fraction of sp³-hybridized carbons (Fsp3) is 0.597. The SMILES string of the molecule is CCC(C)(C)C(=O)OC(C(F)(F)F)C(F)(F)S(=O)(=O)[O-].CCC(C)(C)C(=O)OC1(CC)CC2CC1C1C3CCC(C3)C21.CCC(C)(C)C(=O)OC1C2CC3C(=O)OC1C3O2.CCC(C)(C)C(=O)Oc1ccc(O)cc1.c1ccc([S+](c2ccccc2)c2ccccc2)cc1. The first-order chi connectivity index (χ1) is 43.8. The van der Waals surface area contributed by atoms with E-state index in [1.54, 1.807) is 12.1 Å². The van der Waals surface area contributed by atoms with Crippen molar-refractivity contribution in [3.05, 3.63) is 115 Å². The summed E-state index contributed by atoms with van der Waals surface area (Å²) in [5, 5.41) is 3.24. The zero-order valence-electron chi connectivity index (χ0n) is 56.0. The second kappa shape index (κ2) is 29.7. The summed E-state index contributed by atoms with van der Waals surface area (Å²) in [6, 6.07) is 38.3. The molecule has 13 atom stereocenters. The number of rotatable bonds is 18. The van der Waals surface area contributed by atoms with Crippen molar-refractivity contribution in [1.82, 2.24) is 0 Å². The third-order valence-electron chi connectivity index (χ3n) is 20.7. The molecule has 7 fully saturated rings. The smallest absolute Gasteiger partial charge is 0.432 e. The zero-order chi connectivity index (χ0) is 69.7. The summed E-state index contributed by atoms with van der Waals surface area (Å²) in [7, 11) is -6.68. The van der Waals surface area contributed by atoms with Gasteiger partial charge in [-0.25, -0.2) is 8.42 Å². The minimum absolute atomic E-state index is 0.0146. The first-order valence-electron chi connectivity index (χ1n) is 32.7. The van der Waals surface area contributed by atoms with E-state index in [4.69, 9.17) is 28.8 Å². The molecule has 0 radical (unpaired) electrons. The average molecular weight is 1360 g/mol. The largest absolute Gasteiger partial charge is 0.743 e. The quantitative estimate of drug-likeness (QED) is 0.0186. The predicted molar refractivity (Wildman–Crippen MR) is 342 cm³/mol. The lowest BCUT2D eigenvalue weighted by atomic mass is 9.65. The fourth-order valence-corrected chi connectivity index (χ4v) is 16.0. The number of carbonyl (C=O) groups excluding carboxylic acids is 5. The highest BCUT2D eigenvalue weighted by Crippen LogP contribution is 2.71. The first-order valence-corrected chi connectivity index (χ1v) is 35.3. The maximum absolute atomic E-state index is 13.0. The molecule has 518 valence electrons. The standard InChI is InChI=1S/C20H32O2.C18H15S.C13H18O5.C12H16O3.C9H13F5O5S/c1-5-19(3,4)18(21)22-20(6-2)11-14-10-15(20)17-13-8-7-12(9-13)16(14)17;1-4-10-16(11-5-1)19(17-12-6-2-7-13-17)18-14-8-3-9-15-18;1-4-13(2,3)12(15)18-9-7-5-6-8(16-7)10(9)17-11(6)14;1-4-12(2,3)11(14)15-10-7-5-9(13)6-8-10;1-4-7(2,3)6(15)19-5(8(10,11)12)9(13,14)20(16,17)18/h12-17H,5-11H2,1-4H3;1-15H;6-10H,4-5H2,1-3H3;5-8,13H,4H2,1-3H3;5H,4H2,1-3H3,(H,16,17,18)/q;+1;;;/p-1. The molecule has 3 aliphatic heterocycles. The van der Waals surface area contributed by atoms with Crippen LogP contribution in [0.3, 0.4) is 0 Å². The van der Waals surface area contributed by atoms with Crippen molar-refractivity contribution in [1.29, 1.82) is 0 Å². The Bertz CT molecular complexity index is 3250. The van der Waals surface area contributed by atoms with Gasteiger partial charge in [0.1, 0.15) is 23.2 Å². The minimum Gasteiger partial charge on any atom is -0.743 e. The van der Waals surface area contributed by atoms with Gasteiger partial charge < -0.3 is 38.1 Å². The van der Waals surface area contributed by atoms with Gasteiger partial charge in [0, 0.05) is 5.92 Å². The van der Waals surface area contributed by atoms with Crippen LogP contribution in [0.4, 0.5) is 22.0 Å². The second-order valence-corrected chi connectivity index (χ2v) is 31.8. The van der Waals surface area contributed by atoms with Gasteiger partial charge in [-0.15, -0.1) is 0 Å². The molecule has 6 bridgehead atoms. The lowest BCUT2D eigenvalue weighted by Gasteiger charge is -2.46. The van der Waals surface area contributed by atoms with E-state index in [0.29, 0.717) is 24.5 Å². The monoisotopic (exact) mass is 1360 g/mol. The summed E-state index contributed by atoms with van der Waals surface area (Å²) >= 11 is 0. The van der Waals surface area contributed by atoms with Crippen LogP contribution in [0.5, 0.6) is 11.5 Å². The fourth-order valence-electron chi connectivity index (χ4n) is 13.4. The van der Waals surface area contributed by atoms with Crippen LogP contribution < -0.4 is 4.74 Å². The molecule has 15 nitrogen and oxygen atoms in total. The number of benzene rings is 4. The van der Waals surface area contributed by atoms with Gasteiger partial charge in [0.25, 0.3) is 6.10 Å². The number of fused-ring (bicyclic) bond motifs is 10. The van der Waals surface area contributed by atoms with Crippen LogP contribution >= 0.6 is 0 Å². The number of phenolic OH excluding ortho intramolecular Hbond substituents is 1. The molecule has 94 heavy (non-hydrogen) atoms. The Kier molecular flexibility index (Phi) is 23.8. The van der Waals surface area contributed by atoms with E-state index >= 15 is 0 Å². The summed E-state index contributed by atoms with van der Waals surface area (Å²) in [6.07, 6.45) is -0.669. The molecule has 4 saturated carbocycles. The lowest BCUT2D eigenvalue weighted by molar-refractivity contribution is -0.262. The summed E-state index contributed by atoms with van der Waals surface area (Å²) in [5.74, 6) is 3.48. The number of phenols is 1. The first kappa shape index (κ1) is 75.3. The minimum atomic E-state index is -6.66. The van der Waals surface area contributed by atoms with E-state index in [-0.39, 0.29) is 76.1 Å². The molecule has 0 spiro atoms. The van der Waals surface area contributed by atoms with Crippen LogP contribution in [-0.2, 0) is 68.7 Å². The molecule has 4 aliphatic carbocycles. The van der Waals surface area contributed by atoms with Crippen LogP contribution in [0.15, 0.2) is 130 Å². The zero-order valence-corrected chi connectivity index (χ0v) is 57.7. The van der Waals surface area contributed by atoms with Gasteiger partial charge in [-0.05, 0) is 216 Å². The number of alkyl halides is 5. The number of hydrogen-bond donors (Lipinski definition) is 1. The number of carbonyl (C=O) groups is 5. The summed E-state index contributed by atoms with van der Waals surface area (Å²) in [6.45, 7) is 23.3. The Hall–Kier alpha value is -6.10. The molecule has 13 unspecified atom stereocenters. The number of aromatic hydroxyl groups is 1. The molecule has 0 amide bonds. The number of hydrogen-bond acceptors (Lipinski definition) is 15. The molecule has 0 aromatic heterocycles. The average Bonchev–Trinajstić information content (AvgIpc) is 1.54. The predicted octanol–water partition coefficient (Wildman–Crippen LogP) is 15.4. The molecular weight excluding hydrogens is 1260 g/mol. The van der Waals surface area contributed by atoms with Crippen molar-refractivity contribution in [2.45, 2.75) is 223 Å². The Labute approximate surface area is 553 Å². The second-order valence-electron chi connectivity index (χ2n) is 28.3. The van der Waals surface area contributed by atoms with Crippen molar-refractivity contribution in [2.75, 3.05) is 0 Å². The molecule has 22 heteroatoms. The molecule has 4 aromatic carbocycles. The third-order valence-corrected chi connectivity index (χ3v) is 23.8. The Morgan fingerprint density at radius 2 is 1.07 bits per heavy atom. The van der Waals surface area contributed by atoms with Gasteiger partial charge >= 0.3 is 41.3 Å². The third kappa shape index (κ3) is 16.6. The Balaban J connectivity index is 0.000000167. The van der Waals surface area contributed by atoms with E-state index in [0.717, 1.165) is 69.1 Å². The molecule has 11 rings (SSSR count). The van der Waals surface area contributed by atoms with Crippen LogP contribution in [0.25, 0.3) is 0 Å². The van der Waals surface area contributed by atoms with Crippen molar-refractivity contribution in [2.24, 2.45) is 63.1 Å². The number of ether oxygens (including phenoxy) is 6. The van der Waals surface area contributed by atoms with E-state index in [2.05, 4.69) is 110 Å². The number of halogens is 5. The maximum atomic E-state index is 13.0. The van der Waals surface area contributed by atoms with Crippen molar-refractivity contribution in [3.63, 3.8) is 0 Å². The van der Waals surface area contributed by atoms with Crippen molar-refractivity contribution < 1.29 is 92.4 Å². The lowest BCUT2D eigenvalue weighted by Crippen LogP contribution is -2.53. The highest BCUT2D eigenvalue weighted by molar-refractivity contribution is 7.97. The molecule has 3 saturated heterocycles. The highest BCUT2D eigenvalue weighted by Gasteiger charge is 2.69. The van der Waals surface area contributed by atoms with Gasteiger partial charge in [0.05, 0.1) is 44.6 Å². The highest BCUT2D eigenvalue weighted by atomic mass is 32.2. The Morgan fingerprint density at radius 3 is 1.53 bits per heavy atom.